The van der Waals surface area contributed by atoms with Crippen LogP contribution in [0.3, 0.4) is 0 Å². The molecule has 0 fully saturated rings. The highest BCUT2D eigenvalue weighted by Gasteiger charge is 2.00. The number of hydrogen-bond donors (Lipinski definition) is 1. The third-order valence-corrected chi connectivity index (χ3v) is 1.11. The molecule has 0 bridgehead atoms. The highest BCUT2D eigenvalue weighted by Crippen LogP contribution is 1.94. The fraction of sp³-hybridized carbons (Fsp3) is 0.750. The minimum atomic E-state index is -0.579. The monoisotopic (exact) mass is 158 g/mol. The van der Waals surface area contributed by atoms with Crippen molar-refractivity contribution in [3.8, 4) is 11.8 Å². The SMILES string of the molecule is COC(CC#CC(C)O)OC. The van der Waals surface area contributed by atoms with Crippen molar-refractivity contribution in [3.05, 3.63) is 0 Å². The molecule has 0 aliphatic rings. The standard InChI is InChI=1S/C8H14O3/c1-7(9)5-4-6-8(10-2)11-3/h7-9H,6H2,1-3H3. The van der Waals surface area contributed by atoms with Crippen LogP contribution in [0.4, 0.5) is 0 Å². The zero-order valence-electron chi connectivity index (χ0n) is 7.13. The predicted molar refractivity (Wildman–Crippen MR) is 41.9 cm³/mol. The summed E-state index contributed by atoms with van der Waals surface area (Å²) in [5.41, 5.74) is 0. The van der Waals surface area contributed by atoms with Crippen LogP contribution < -0.4 is 0 Å². The molecule has 0 aliphatic heterocycles. The van der Waals surface area contributed by atoms with Crippen molar-refractivity contribution >= 4 is 0 Å². The van der Waals surface area contributed by atoms with Crippen LogP contribution in [0.5, 0.6) is 0 Å². The molecule has 0 amide bonds. The van der Waals surface area contributed by atoms with Gasteiger partial charge in [-0.05, 0) is 6.92 Å². The third-order valence-electron chi connectivity index (χ3n) is 1.11. The molecule has 0 saturated heterocycles. The zero-order valence-corrected chi connectivity index (χ0v) is 7.13. The number of rotatable bonds is 3. The van der Waals surface area contributed by atoms with E-state index in [1.54, 1.807) is 21.1 Å². The molecule has 0 aromatic rings. The smallest absolute Gasteiger partial charge is 0.167 e. The van der Waals surface area contributed by atoms with Crippen LogP contribution in [-0.4, -0.2) is 31.7 Å². The summed E-state index contributed by atoms with van der Waals surface area (Å²) in [6.07, 6.45) is -0.386. The summed E-state index contributed by atoms with van der Waals surface area (Å²) < 4.78 is 9.75. The van der Waals surface area contributed by atoms with Crippen molar-refractivity contribution in [1.82, 2.24) is 0 Å². The Balaban J connectivity index is 3.60. The topological polar surface area (TPSA) is 38.7 Å². The first-order valence-electron chi connectivity index (χ1n) is 3.42. The maximum atomic E-state index is 8.76. The third kappa shape index (κ3) is 5.86. The van der Waals surface area contributed by atoms with Crippen molar-refractivity contribution < 1.29 is 14.6 Å². The molecule has 3 nitrogen and oxygen atoms in total. The largest absolute Gasteiger partial charge is 0.381 e. The first-order valence-corrected chi connectivity index (χ1v) is 3.42. The summed E-state index contributed by atoms with van der Waals surface area (Å²) in [6, 6.07) is 0. The first kappa shape index (κ1) is 10.4. The van der Waals surface area contributed by atoms with E-state index in [-0.39, 0.29) is 6.29 Å². The molecule has 0 radical (unpaired) electrons. The molecule has 0 heterocycles. The molecule has 3 heteroatoms. The predicted octanol–water partition coefficient (Wildman–Crippen LogP) is 0.380. The minimum Gasteiger partial charge on any atom is -0.381 e. The number of ether oxygens (including phenoxy) is 2. The second-order valence-electron chi connectivity index (χ2n) is 2.10. The lowest BCUT2D eigenvalue weighted by Gasteiger charge is -2.08. The van der Waals surface area contributed by atoms with Gasteiger partial charge in [-0.25, -0.2) is 0 Å². The lowest BCUT2D eigenvalue weighted by Crippen LogP contribution is -2.11. The van der Waals surface area contributed by atoms with Gasteiger partial charge in [-0.2, -0.15) is 0 Å². The van der Waals surface area contributed by atoms with Crippen LogP contribution in [0.2, 0.25) is 0 Å². The highest BCUT2D eigenvalue weighted by molar-refractivity contribution is 5.03. The van der Waals surface area contributed by atoms with E-state index in [0.29, 0.717) is 6.42 Å². The van der Waals surface area contributed by atoms with Crippen LogP contribution in [0.15, 0.2) is 0 Å². The molecule has 0 spiro atoms. The van der Waals surface area contributed by atoms with Gasteiger partial charge in [0.1, 0.15) is 6.10 Å². The van der Waals surface area contributed by atoms with Crippen LogP contribution in [-0.2, 0) is 9.47 Å². The first-order chi connectivity index (χ1) is 5.20. The number of methoxy groups -OCH3 is 2. The van der Waals surface area contributed by atoms with Gasteiger partial charge in [0.15, 0.2) is 6.29 Å². The van der Waals surface area contributed by atoms with E-state index in [1.807, 2.05) is 0 Å². The van der Waals surface area contributed by atoms with Crippen molar-refractivity contribution in [3.63, 3.8) is 0 Å². The minimum absolute atomic E-state index is 0.291. The van der Waals surface area contributed by atoms with E-state index in [4.69, 9.17) is 14.6 Å². The van der Waals surface area contributed by atoms with E-state index in [2.05, 4.69) is 11.8 Å². The molecule has 0 aromatic heterocycles. The summed E-state index contributed by atoms with van der Waals surface area (Å²) in [6.45, 7) is 1.61. The molecular formula is C8H14O3. The fourth-order valence-electron chi connectivity index (χ4n) is 0.553. The quantitative estimate of drug-likeness (QED) is 0.476. The normalized spacial score (nSPS) is 12.5. The summed E-state index contributed by atoms with van der Waals surface area (Å²) >= 11 is 0. The van der Waals surface area contributed by atoms with Gasteiger partial charge < -0.3 is 14.6 Å². The number of aliphatic hydroxyl groups excluding tert-OH is 1. The average Bonchev–Trinajstić information content (AvgIpc) is 1.98. The van der Waals surface area contributed by atoms with Gasteiger partial charge >= 0.3 is 0 Å². The van der Waals surface area contributed by atoms with Crippen molar-refractivity contribution in [2.24, 2.45) is 0 Å². The van der Waals surface area contributed by atoms with E-state index >= 15 is 0 Å². The second kappa shape index (κ2) is 6.17. The molecule has 64 valence electrons. The van der Waals surface area contributed by atoms with Crippen LogP contribution >= 0.6 is 0 Å². The van der Waals surface area contributed by atoms with Gasteiger partial charge in [0.25, 0.3) is 0 Å². The Bertz CT molecular complexity index is 139. The van der Waals surface area contributed by atoms with Crippen LogP contribution in [0.1, 0.15) is 13.3 Å². The molecule has 1 N–H and O–H groups in total. The van der Waals surface area contributed by atoms with E-state index in [0.717, 1.165) is 0 Å². The van der Waals surface area contributed by atoms with E-state index in [9.17, 15) is 0 Å². The van der Waals surface area contributed by atoms with Gasteiger partial charge in [0.05, 0.1) is 6.42 Å². The molecule has 0 aromatic carbocycles. The van der Waals surface area contributed by atoms with Crippen molar-refractivity contribution in [2.45, 2.75) is 25.7 Å². The van der Waals surface area contributed by atoms with Gasteiger partial charge in [0, 0.05) is 14.2 Å². The van der Waals surface area contributed by atoms with E-state index < -0.39 is 6.10 Å². The molecule has 1 unspecified atom stereocenters. The zero-order chi connectivity index (χ0) is 8.69. The fourth-order valence-corrected chi connectivity index (χ4v) is 0.553. The van der Waals surface area contributed by atoms with E-state index in [1.165, 1.54) is 0 Å². The van der Waals surface area contributed by atoms with Gasteiger partial charge in [-0.3, -0.25) is 0 Å². The molecule has 1 atom stereocenters. The lowest BCUT2D eigenvalue weighted by atomic mass is 10.3. The Morgan fingerprint density at radius 3 is 2.27 bits per heavy atom. The summed E-state index contributed by atoms with van der Waals surface area (Å²) in [5.74, 6) is 5.33. The second-order valence-corrected chi connectivity index (χ2v) is 2.10. The molecule has 0 aliphatic carbocycles. The highest BCUT2D eigenvalue weighted by atomic mass is 16.7. The number of hydrogen-bond acceptors (Lipinski definition) is 3. The summed E-state index contributed by atoms with van der Waals surface area (Å²) in [5, 5.41) is 8.76. The Labute approximate surface area is 67.3 Å². The van der Waals surface area contributed by atoms with Gasteiger partial charge in [-0.1, -0.05) is 11.8 Å². The lowest BCUT2D eigenvalue weighted by molar-refractivity contribution is -0.0973. The molecular weight excluding hydrogens is 144 g/mol. The molecule has 11 heavy (non-hydrogen) atoms. The van der Waals surface area contributed by atoms with Crippen molar-refractivity contribution in [2.75, 3.05) is 14.2 Å². The average molecular weight is 158 g/mol. The Morgan fingerprint density at radius 2 is 1.91 bits per heavy atom. The Kier molecular flexibility index (Phi) is 5.86. The summed E-state index contributed by atoms with van der Waals surface area (Å²) in [4.78, 5) is 0. The summed E-state index contributed by atoms with van der Waals surface area (Å²) in [7, 11) is 3.11. The van der Waals surface area contributed by atoms with Gasteiger partial charge in [0.2, 0.25) is 0 Å². The van der Waals surface area contributed by atoms with Gasteiger partial charge in [-0.15, -0.1) is 0 Å². The maximum absolute atomic E-state index is 8.76. The maximum Gasteiger partial charge on any atom is 0.167 e. The molecule has 0 saturated carbocycles. The Morgan fingerprint density at radius 1 is 1.36 bits per heavy atom. The Hall–Kier alpha value is -0.560. The van der Waals surface area contributed by atoms with Crippen molar-refractivity contribution in [1.29, 1.82) is 0 Å². The number of aliphatic hydroxyl groups is 1. The van der Waals surface area contributed by atoms with Crippen LogP contribution in [0, 0.1) is 11.8 Å². The van der Waals surface area contributed by atoms with Crippen LogP contribution in [0.25, 0.3) is 0 Å². The molecule has 0 rings (SSSR count).